The SMILES string of the molecule is CCCCC(c1cccc2[nH]c(=O)c(CC3CCCC(N)C3)cc12)N1C(C)CCCC1C. The molecule has 2 aromatic rings. The van der Waals surface area contributed by atoms with E-state index < -0.39 is 0 Å². The van der Waals surface area contributed by atoms with Crippen LogP contribution < -0.4 is 11.3 Å². The maximum absolute atomic E-state index is 13.0. The molecule has 2 heterocycles. The highest BCUT2D eigenvalue weighted by Crippen LogP contribution is 2.38. The van der Waals surface area contributed by atoms with Crippen LogP contribution in [0.4, 0.5) is 0 Å². The van der Waals surface area contributed by atoms with Gasteiger partial charge in [0.15, 0.2) is 0 Å². The Balaban J connectivity index is 1.73. The van der Waals surface area contributed by atoms with Crippen molar-refractivity contribution in [3.8, 4) is 0 Å². The Bertz CT molecular complexity index is 941. The maximum Gasteiger partial charge on any atom is 0.251 e. The Morgan fingerprint density at radius 2 is 1.88 bits per heavy atom. The second-order valence-electron chi connectivity index (χ2n) is 10.7. The summed E-state index contributed by atoms with van der Waals surface area (Å²) in [6, 6.07) is 10.6. The van der Waals surface area contributed by atoms with Crippen LogP contribution in [0.15, 0.2) is 29.1 Å². The van der Waals surface area contributed by atoms with Crippen molar-refractivity contribution in [2.75, 3.05) is 0 Å². The van der Waals surface area contributed by atoms with Crippen LogP contribution in [0.25, 0.3) is 10.9 Å². The summed E-state index contributed by atoms with van der Waals surface area (Å²) < 4.78 is 0. The summed E-state index contributed by atoms with van der Waals surface area (Å²) in [6.07, 6.45) is 12.9. The first-order valence-corrected chi connectivity index (χ1v) is 13.2. The lowest BCUT2D eigenvalue weighted by molar-refractivity contribution is 0.0496. The Morgan fingerprint density at radius 1 is 1.12 bits per heavy atom. The number of pyridine rings is 1. The molecule has 1 aromatic heterocycles. The summed E-state index contributed by atoms with van der Waals surface area (Å²) in [4.78, 5) is 19.0. The quantitative estimate of drug-likeness (QED) is 0.551. The zero-order chi connectivity index (χ0) is 22.7. The van der Waals surface area contributed by atoms with E-state index >= 15 is 0 Å². The number of piperidine rings is 1. The number of H-pyrrole nitrogens is 1. The van der Waals surface area contributed by atoms with Gasteiger partial charge in [-0.1, -0.05) is 51.2 Å². The number of nitrogens with zero attached hydrogens (tertiary/aromatic N) is 1. The first kappa shape index (κ1) is 23.5. The van der Waals surface area contributed by atoms with Gasteiger partial charge in [-0.2, -0.15) is 0 Å². The van der Waals surface area contributed by atoms with E-state index in [1.54, 1.807) is 0 Å². The number of fused-ring (bicyclic) bond motifs is 1. The molecule has 2 aliphatic rings. The second-order valence-corrected chi connectivity index (χ2v) is 10.7. The summed E-state index contributed by atoms with van der Waals surface area (Å²) in [5.41, 5.74) is 9.64. The number of likely N-dealkylation sites (tertiary alicyclic amines) is 1. The van der Waals surface area contributed by atoms with Crippen LogP contribution in [0, 0.1) is 5.92 Å². The van der Waals surface area contributed by atoms with Crippen LogP contribution in [-0.2, 0) is 6.42 Å². The van der Waals surface area contributed by atoms with Crippen LogP contribution in [0.3, 0.4) is 0 Å². The van der Waals surface area contributed by atoms with E-state index in [0.29, 0.717) is 30.1 Å². The van der Waals surface area contributed by atoms with E-state index in [9.17, 15) is 4.79 Å². The molecule has 0 spiro atoms. The molecule has 5 atom stereocenters. The van der Waals surface area contributed by atoms with Gasteiger partial charge in [-0.3, -0.25) is 9.69 Å². The summed E-state index contributed by atoms with van der Waals surface area (Å²) in [6.45, 7) is 7.09. The molecule has 2 fully saturated rings. The molecule has 0 radical (unpaired) electrons. The average Bonchev–Trinajstić information content (AvgIpc) is 2.76. The first-order chi connectivity index (χ1) is 15.5. The molecule has 0 bridgehead atoms. The van der Waals surface area contributed by atoms with E-state index in [2.05, 4.69) is 54.9 Å². The van der Waals surface area contributed by atoms with E-state index in [1.807, 2.05) is 0 Å². The average molecular weight is 438 g/mol. The molecule has 4 rings (SSSR count). The molecular formula is C28H43N3O. The van der Waals surface area contributed by atoms with E-state index in [4.69, 9.17) is 5.73 Å². The maximum atomic E-state index is 13.0. The predicted octanol–water partition coefficient (Wildman–Crippen LogP) is 6.08. The summed E-state index contributed by atoms with van der Waals surface area (Å²) in [5, 5.41) is 1.24. The molecule has 1 saturated heterocycles. The van der Waals surface area contributed by atoms with Crippen molar-refractivity contribution in [2.24, 2.45) is 11.7 Å². The minimum absolute atomic E-state index is 0.0820. The highest BCUT2D eigenvalue weighted by molar-refractivity contribution is 5.83. The Hall–Kier alpha value is -1.65. The molecule has 5 unspecified atom stereocenters. The van der Waals surface area contributed by atoms with Crippen LogP contribution in [0.5, 0.6) is 0 Å². The fourth-order valence-electron chi connectivity index (χ4n) is 6.48. The van der Waals surface area contributed by atoms with Gasteiger partial charge >= 0.3 is 0 Å². The summed E-state index contributed by atoms with van der Waals surface area (Å²) in [7, 11) is 0. The van der Waals surface area contributed by atoms with Crippen molar-refractivity contribution < 1.29 is 0 Å². The highest BCUT2D eigenvalue weighted by atomic mass is 16.1. The Morgan fingerprint density at radius 3 is 2.59 bits per heavy atom. The number of hydrogen-bond acceptors (Lipinski definition) is 3. The van der Waals surface area contributed by atoms with Crippen molar-refractivity contribution in [1.82, 2.24) is 9.88 Å². The van der Waals surface area contributed by atoms with Crippen LogP contribution >= 0.6 is 0 Å². The van der Waals surface area contributed by atoms with Crippen LogP contribution in [0.1, 0.15) is 102 Å². The van der Waals surface area contributed by atoms with Gasteiger partial charge < -0.3 is 10.7 Å². The first-order valence-electron chi connectivity index (χ1n) is 13.2. The molecule has 3 N–H and O–H groups in total. The molecular weight excluding hydrogens is 394 g/mol. The van der Waals surface area contributed by atoms with E-state index in [0.717, 1.165) is 30.3 Å². The molecule has 1 aliphatic carbocycles. The molecule has 1 saturated carbocycles. The normalized spacial score (nSPS) is 28.1. The summed E-state index contributed by atoms with van der Waals surface area (Å²) in [5.74, 6) is 0.530. The van der Waals surface area contributed by atoms with Crippen molar-refractivity contribution in [3.63, 3.8) is 0 Å². The standard InChI is InChI=1S/C28H43N3O/c1-4-5-15-27(31-19(2)9-6-10-20(31)3)24-13-8-14-26-25(24)18-22(28(32)30-26)16-21-11-7-12-23(29)17-21/h8,13-14,18-21,23,27H,4-7,9-12,15-17,29H2,1-3H3,(H,30,32). The summed E-state index contributed by atoms with van der Waals surface area (Å²) >= 11 is 0. The van der Waals surface area contributed by atoms with Gasteiger partial charge in [0.2, 0.25) is 0 Å². The van der Waals surface area contributed by atoms with Gasteiger partial charge in [-0.05, 0) is 76.0 Å². The lowest BCUT2D eigenvalue weighted by Gasteiger charge is -2.45. The molecule has 32 heavy (non-hydrogen) atoms. The third-order valence-corrected chi connectivity index (χ3v) is 8.14. The third-order valence-electron chi connectivity index (χ3n) is 8.14. The number of benzene rings is 1. The molecule has 0 amide bonds. The topological polar surface area (TPSA) is 62.1 Å². The van der Waals surface area contributed by atoms with Gasteiger partial charge in [0, 0.05) is 40.6 Å². The second kappa shape index (κ2) is 10.5. The number of unbranched alkanes of at least 4 members (excludes halogenated alkanes) is 1. The number of hydrogen-bond donors (Lipinski definition) is 2. The van der Waals surface area contributed by atoms with Gasteiger partial charge in [0.1, 0.15) is 0 Å². The van der Waals surface area contributed by atoms with Gasteiger partial charge in [0.05, 0.1) is 0 Å². The highest BCUT2D eigenvalue weighted by Gasteiger charge is 2.32. The molecule has 4 heteroatoms. The molecule has 1 aliphatic heterocycles. The van der Waals surface area contributed by atoms with Crippen molar-refractivity contribution in [3.05, 3.63) is 45.7 Å². The zero-order valence-corrected chi connectivity index (χ0v) is 20.4. The fourth-order valence-corrected chi connectivity index (χ4v) is 6.48. The number of aromatic nitrogens is 1. The number of aromatic amines is 1. The van der Waals surface area contributed by atoms with Crippen molar-refractivity contribution in [1.29, 1.82) is 0 Å². The lowest BCUT2D eigenvalue weighted by atomic mass is 9.82. The minimum atomic E-state index is 0.0820. The molecule has 1 aromatic carbocycles. The minimum Gasteiger partial charge on any atom is -0.328 e. The monoisotopic (exact) mass is 437 g/mol. The Kier molecular flexibility index (Phi) is 7.73. The van der Waals surface area contributed by atoms with Crippen molar-refractivity contribution in [2.45, 2.75) is 116 Å². The molecule has 4 nitrogen and oxygen atoms in total. The fraction of sp³-hybridized carbons (Fsp3) is 0.679. The smallest absolute Gasteiger partial charge is 0.251 e. The number of nitrogens with one attached hydrogen (secondary N) is 1. The van der Waals surface area contributed by atoms with Gasteiger partial charge in [0.25, 0.3) is 5.56 Å². The Labute approximate surface area is 194 Å². The van der Waals surface area contributed by atoms with E-state index in [1.165, 1.54) is 62.3 Å². The van der Waals surface area contributed by atoms with Gasteiger partial charge in [-0.15, -0.1) is 0 Å². The largest absolute Gasteiger partial charge is 0.328 e. The zero-order valence-electron chi connectivity index (χ0n) is 20.4. The third kappa shape index (κ3) is 5.12. The number of nitrogens with two attached hydrogens (primary N) is 1. The van der Waals surface area contributed by atoms with Crippen LogP contribution in [-0.4, -0.2) is 28.0 Å². The molecule has 176 valence electrons. The predicted molar refractivity (Wildman–Crippen MR) is 135 cm³/mol. The van der Waals surface area contributed by atoms with Crippen molar-refractivity contribution >= 4 is 10.9 Å². The van der Waals surface area contributed by atoms with Crippen LogP contribution in [0.2, 0.25) is 0 Å². The van der Waals surface area contributed by atoms with E-state index in [-0.39, 0.29) is 5.56 Å². The number of rotatable bonds is 7. The van der Waals surface area contributed by atoms with Gasteiger partial charge in [-0.25, -0.2) is 0 Å². The lowest BCUT2D eigenvalue weighted by Crippen LogP contribution is -2.46.